The Labute approximate surface area is 79.7 Å². The monoisotopic (exact) mass is 180 g/mol. The van der Waals surface area contributed by atoms with Gasteiger partial charge in [0.25, 0.3) is 0 Å². The van der Waals surface area contributed by atoms with E-state index in [9.17, 15) is 9.59 Å². The van der Waals surface area contributed by atoms with Crippen molar-refractivity contribution in [1.82, 2.24) is 0 Å². The van der Waals surface area contributed by atoms with Crippen molar-refractivity contribution in [2.45, 2.75) is 46.0 Å². The van der Waals surface area contributed by atoms with Crippen molar-refractivity contribution in [3.63, 3.8) is 0 Å². The number of ketones is 2. The molecule has 0 bridgehead atoms. The van der Waals surface area contributed by atoms with Gasteiger partial charge in [0.05, 0.1) is 0 Å². The normalized spacial score (nSPS) is 8.77. The molecule has 0 unspecified atom stereocenters. The number of hydrogen-bond donors (Lipinski definition) is 0. The SMILES string of the molecule is CCC#CCCC(=O)CCC(C)=O. The Morgan fingerprint density at radius 2 is 1.77 bits per heavy atom. The minimum Gasteiger partial charge on any atom is -0.300 e. The zero-order chi connectivity index (χ0) is 10.1. The Hall–Kier alpha value is -1.10. The summed E-state index contributed by atoms with van der Waals surface area (Å²) in [5.74, 6) is 6.01. The first kappa shape index (κ1) is 11.9. The van der Waals surface area contributed by atoms with Crippen molar-refractivity contribution in [3.05, 3.63) is 0 Å². The molecular weight excluding hydrogens is 164 g/mol. The minimum atomic E-state index is 0.0768. The van der Waals surface area contributed by atoms with Crippen LogP contribution in [0.5, 0.6) is 0 Å². The molecule has 2 nitrogen and oxygen atoms in total. The quantitative estimate of drug-likeness (QED) is 0.607. The molecule has 72 valence electrons. The molecule has 0 aliphatic heterocycles. The molecule has 0 aromatic heterocycles. The first-order valence-corrected chi connectivity index (χ1v) is 4.63. The molecule has 0 radical (unpaired) electrons. The van der Waals surface area contributed by atoms with E-state index in [1.54, 1.807) is 0 Å². The Balaban J connectivity index is 3.46. The molecule has 0 aromatic rings. The van der Waals surface area contributed by atoms with Gasteiger partial charge >= 0.3 is 0 Å². The van der Waals surface area contributed by atoms with Crippen LogP contribution in [0.15, 0.2) is 0 Å². The molecule has 2 heteroatoms. The maximum atomic E-state index is 11.1. The van der Waals surface area contributed by atoms with Gasteiger partial charge in [-0.25, -0.2) is 0 Å². The average Bonchev–Trinajstić information content (AvgIpc) is 2.09. The van der Waals surface area contributed by atoms with Gasteiger partial charge in [-0.2, -0.15) is 0 Å². The Bertz CT molecular complexity index is 230. The van der Waals surface area contributed by atoms with Gasteiger partial charge in [0.15, 0.2) is 0 Å². The lowest BCUT2D eigenvalue weighted by Gasteiger charge is -1.94. The zero-order valence-electron chi connectivity index (χ0n) is 8.35. The molecule has 0 amide bonds. The van der Waals surface area contributed by atoms with Gasteiger partial charge in [-0.3, -0.25) is 4.79 Å². The maximum absolute atomic E-state index is 11.1. The van der Waals surface area contributed by atoms with E-state index in [1.165, 1.54) is 6.92 Å². The van der Waals surface area contributed by atoms with Crippen LogP contribution in [0.4, 0.5) is 0 Å². The molecule has 0 aliphatic rings. The third-order valence-electron chi connectivity index (χ3n) is 1.59. The highest BCUT2D eigenvalue weighted by Crippen LogP contribution is 1.98. The van der Waals surface area contributed by atoms with E-state index in [0.717, 1.165) is 6.42 Å². The van der Waals surface area contributed by atoms with Crippen molar-refractivity contribution < 1.29 is 9.59 Å². The number of Topliss-reactive ketones (excluding diaryl/α,β-unsaturated/α-hetero) is 2. The highest BCUT2D eigenvalue weighted by atomic mass is 16.1. The lowest BCUT2D eigenvalue weighted by Crippen LogP contribution is -2.00. The van der Waals surface area contributed by atoms with Crippen LogP contribution in [0.3, 0.4) is 0 Å². The van der Waals surface area contributed by atoms with Crippen molar-refractivity contribution in [2.75, 3.05) is 0 Å². The zero-order valence-corrected chi connectivity index (χ0v) is 8.35. The summed E-state index contributed by atoms with van der Waals surface area (Å²) >= 11 is 0. The van der Waals surface area contributed by atoms with Crippen LogP contribution >= 0.6 is 0 Å². The molecule has 0 spiro atoms. The van der Waals surface area contributed by atoms with E-state index < -0.39 is 0 Å². The van der Waals surface area contributed by atoms with Crippen LogP contribution in [0.1, 0.15) is 46.0 Å². The molecule has 0 fully saturated rings. The fourth-order valence-corrected chi connectivity index (χ4v) is 0.856. The summed E-state index contributed by atoms with van der Waals surface area (Å²) in [7, 11) is 0. The Morgan fingerprint density at radius 1 is 1.08 bits per heavy atom. The van der Waals surface area contributed by atoms with Gasteiger partial charge in [0, 0.05) is 32.1 Å². The second-order valence-electron chi connectivity index (χ2n) is 2.95. The summed E-state index contributed by atoms with van der Waals surface area (Å²) in [6, 6.07) is 0. The van der Waals surface area contributed by atoms with E-state index in [4.69, 9.17) is 0 Å². The smallest absolute Gasteiger partial charge is 0.134 e. The van der Waals surface area contributed by atoms with Crippen LogP contribution in [0.25, 0.3) is 0 Å². The molecule has 13 heavy (non-hydrogen) atoms. The third kappa shape index (κ3) is 8.81. The van der Waals surface area contributed by atoms with Crippen molar-refractivity contribution in [1.29, 1.82) is 0 Å². The lowest BCUT2D eigenvalue weighted by molar-refractivity contribution is -0.123. The fraction of sp³-hybridized carbons (Fsp3) is 0.636. The summed E-state index contributed by atoms with van der Waals surface area (Å²) < 4.78 is 0. The van der Waals surface area contributed by atoms with E-state index in [1.807, 2.05) is 6.92 Å². The maximum Gasteiger partial charge on any atom is 0.134 e. The van der Waals surface area contributed by atoms with Crippen LogP contribution < -0.4 is 0 Å². The van der Waals surface area contributed by atoms with Crippen molar-refractivity contribution >= 4 is 11.6 Å². The van der Waals surface area contributed by atoms with E-state index in [-0.39, 0.29) is 11.6 Å². The summed E-state index contributed by atoms with van der Waals surface area (Å²) in [5.41, 5.74) is 0. The largest absolute Gasteiger partial charge is 0.300 e. The molecule has 0 saturated heterocycles. The second kappa shape index (κ2) is 7.54. The van der Waals surface area contributed by atoms with Crippen molar-refractivity contribution in [3.8, 4) is 11.8 Å². The molecule has 0 aromatic carbocycles. The first-order chi connectivity index (χ1) is 6.16. The van der Waals surface area contributed by atoms with Gasteiger partial charge in [-0.15, -0.1) is 11.8 Å². The van der Waals surface area contributed by atoms with Gasteiger partial charge < -0.3 is 4.79 Å². The number of carbonyl (C=O) groups is 2. The van der Waals surface area contributed by atoms with Crippen LogP contribution in [-0.2, 0) is 9.59 Å². The van der Waals surface area contributed by atoms with Gasteiger partial charge in [0.2, 0.25) is 0 Å². The van der Waals surface area contributed by atoms with E-state index in [2.05, 4.69) is 11.8 Å². The predicted octanol–water partition coefficient (Wildman–Crippen LogP) is 2.12. The molecule has 0 aliphatic carbocycles. The fourth-order valence-electron chi connectivity index (χ4n) is 0.856. The Kier molecular flexibility index (Phi) is 6.91. The molecule has 0 saturated carbocycles. The number of hydrogen-bond acceptors (Lipinski definition) is 2. The second-order valence-corrected chi connectivity index (χ2v) is 2.95. The van der Waals surface area contributed by atoms with Gasteiger partial charge in [-0.05, 0) is 6.92 Å². The van der Waals surface area contributed by atoms with Crippen molar-refractivity contribution in [2.24, 2.45) is 0 Å². The summed E-state index contributed by atoms with van der Waals surface area (Å²) in [6.07, 6.45) is 2.70. The summed E-state index contributed by atoms with van der Waals surface area (Å²) in [5, 5.41) is 0. The molecule has 0 atom stereocenters. The summed E-state index contributed by atoms with van der Waals surface area (Å²) in [4.78, 5) is 21.6. The molecule has 0 N–H and O–H groups in total. The van der Waals surface area contributed by atoms with E-state index in [0.29, 0.717) is 25.7 Å². The lowest BCUT2D eigenvalue weighted by atomic mass is 10.1. The van der Waals surface area contributed by atoms with Crippen LogP contribution in [0, 0.1) is 11.8 Å². The highest BCUT2D eigenvalue weighted by molar-refractivity contribution is 5.84. The van der Waals surface area contributed by atoms with Gasteiger partial charge in [-0.1, -0.05) is 6.92 Å². The Morgan fingerprint density at radius 3 is 2.31 bits per heavy atom. The molecular formula is C11H16O2. The van der Waals surface area contributed by atoms with Crippen LogP contribution in [-0.4, -0.2) is 11.6 Å². The predicted molar refractivity (Wildman–Crippen MR) is 52.2 cm³/mol. The average molecular weight is 180 g/mol. The third-order valence-corrected chi connectivity index (χ3v) is 1.59. The standard InChI is InChI=1S/C11H16O2/c1-3-4-5-6-7-11(13)9-8-10(2)12/h3,6-9H2,1-2H3. The topological polar surface area (TPSA) is 34.1 Å². The first-order valence-electron chi connectivity index (χ1n) is 4.63. The summed E-state index contributed by atoms with van der Waals surface area (Å²) in [6.45, 7) is 3.48. The van der Waals surface area contributed by atoms with Gasteiger partial charge in [0.1, 0.15) is 11.6 Å². The minimum absolute atomic E-state index is 0.0768. The van der Waals surface area contributed by atoms with Crippen LogP contribution in [0.2, 0.25) is 0 Å². The molecule has 0 rings (SSSR count). The number of rotatable bonds is 5. The number of carbonyl (C=O) groups excluding carboxylic acids is 2. The molecule has 0 heterocycles. The van der Waals surface area contributed by atoms with E-state index >= 15 is 0 Å². The highest BCUT2D eigenvalue weighted by Gasteiger charge is 2.01.